The Labute approximate surface area is 72.6 Å². The maximum atomic E-state index is 5.63. The molecular weight excluding hydrogens is 156 g/mol. The van der Waals surface area contributed by atoms with Gasteiger partial charge in [-0.15, -0.1) is 0 Å². The smallest absolute Gasteiger partial charge is 0.154 e. The first-order valence-electron chi connectivity index (χ1n) is 4.24. The van der Waals surface area contributed by atoms with E-state index in [0.717, 1.165) is 23.3 Å². The maximum absolute atomic E-state index is 5.63. The topological polar surface area (TPSA) is 38.4 Å². The Bertz CT molecular complexity index is 156. The Balaban J connectivity index is 2.59. The van der Waals surface area contributed by atoms with Crippen LogP contribution in [-0.4, -0.2) is 17.0 Å². The van der Waals surface area contributed by atoms with E-state index in [1.165, 1.54) is 6.42 Å². The fourth-order valence-electron chi connectivity index (χ4n) is 1.42. The second-order valence-corrected chi connectivity index (χ2v) is 3.96. The molecular formula is C8H16N2S. The van der Waals surface area contributed by atoms with E-state index in [2.05, 4.69) is 18.8 Å². The van der Waals surface area contributed by atoms with E-state index in [9.17, 15) is 0 Å². The quantitative estimate of drug-likeness (QED) is 0.690. The van der Waals surface area contributed by atoms with Crippen LogP contribution in [0.25, 0.3) is 0 Å². The molecule has 0 saturated carbocycles. The summed E-state index contributed by atoms with van der Waals surface area (Å²) in [7, 11) is 0. The second kappa shape index (κ2) is 4.00. The number of amidine groups is 1. The van der Waals surface area contributed by atoms with Crippen molar-refractivity contribution in [1.82, 2.24) is 0 Å². The summed E-state index contributed by atoms with van der Waals surface area (Å²) >= 11 is 1.70. The summed E-state index contributed by atoms with van der Waals surface area (Å²) < 4.78 is 0. The molecule has 0 aromatic rings. The summed E-state index contributed by atoms with van der Waals surface area (Å²) in [6.45, 7) is 4.41. The lowest BCUT2D eigenvalue weighted by molar-refractivity contribution is 0.439. The van der Waals surface area contributed by atoms with Crippen molar-refractivity contribution in [1.29, 1.82) is 0 Å². The number of aliphatic imine (C=N–C) groups is 1. The van der Waals surface area contributed by atoms with E-state index in [-0.39, 0.29) is 0 Å². The molecule has 1 heterocycles. The van der Waals surface area contributed by atoms with Gasteiger partial charge in [0.1, 0.15) is 0 Å². The fourth-order valence-corrected chi connectivity index (χ4v) is 2.48. The molecule has 0 aliphatic carbocycles. The first-order chi connectivity index (χ1) is 5.27. The average molecular weight is 172 g/mol. The van der Waals surface area contributed by atoms with Gasteiger partial charge in [0.2, 0.25) is 0 Å². The highest BCUT2D eigenvalue weighted by Crippen LogP contribution is 2.25. The van der Waals surface area contributed by atoms with Gasteiger partial charge in [-0.25, -0.2) is 0 Å². The van der Waals surface area contributed by atoms with Crippen LogP contribution in [0.5, 0.6) is 0 Å². The van der Waals surface area contributed by atoms with Crippen molar-refractivity contribution in [2.24, 2.45) is 16.6 Å². The number of hydrogen-bond donors (Lipinski definition) is 1. The zero-order valence-electron chi connectivity index (χ0n) is 7.21. The highest BCUT2D eigenvalue weighted by Gasteiger charge is 2.22. The minimum Gasteiger partial charge on any atom is -0.379 e. The van der Waals surface area contributed by atoms with Crippen molar-refractivity contribution in [3.63, 3.8) is 0 Å². The van der Waals surface area contributed by atoms with Gasteiger partial charge in [-0.05, 0) is 12.3 Å². The minimum atomic E-state index is 0.487. The van der Waals surface area contributed by atoms with Crippen LogP contribution in [0, 0.1) is 5.92 Å². The average Bonchev–Trinajstić information content (AvgIpc) is 2.04. The number of thioether (sulfide) groups is 1. The van der Waals surface area contributed by atoms with Crippen LogP contribution in [0.1, 0.15) is 26.7 Å². The van der Waals surface area contributed by atoms with Gasteiger partial charge in [0.05, 0.1) is 6.04 Å². The Morgan fingerprint density at radius 1 is 1.55 bits per heavy atom. The molecule has 0 fully saturated rings. The molecule has 1 aliphatic heterocycles. The number of nitrogens with zero attached hydrogens (tertiary/aromatic N) is 1. The van der Waals surface area contributed by atoms with Gasteiger partial charge in [0.25, 0.3) is 0 Å². The molecule has 0 aromatic heterocycles. The van der Waals surface area contributed by atoms with Crippen molar-refractivity contribution in [3.8, 4) is 0 Å². The molecule has 1 rings (SSSR count). The van der Waals surface area contributed by atoms with E-state index in [1.54, 1.807) is 11.8 Å². The van der Waals surface area contributed by atoms with Gasteiger partial charge >= 0.3 is 0 Å². The number of hydrogen-bond acceptors (Lipinski definition) is 3. The Morgan fingerprint density at radius 2 is 2.27 bits per heavy atom. The Morgan fingerprint density at radius 3 is 2.82 bits per heavy atom. The van der Waals surface area contributed by atoms with Gasteiger partial charge in [-0.1, -0.05) is 32.0 Å². The van der Waals surface area contributed by atoms with E-state index >= 15 is 0 Å². The lowest BCUT2D eigenvalue weighted by atomic mass is 9.97. The third kappa shape index (κ3) is 2.12. The van der Waals surface area contributed by atoms with Crippen LogP contribution < -0.4 is 5.73 Å². The summed E-state index contributed by atoms with van der Waals surface area (Å²) in [5.41, 5.74) is 5.63. The molecule has 0 saturated heterocycles. The molecule has 2 atom stereocenters. The van der Waals surface area contributed by atoms with Crippen molar-refractivity contribution in [2.75, 3.05) is 5.75 Å². The first-order valence-corrected chi connectivity index (χ1v) is 5.22. The fraction of sp³-hybridized carbons (Fsp3) is 0.875. The zero-order chi connectivity index (χ0) is 8.27. The zero-order valence-corrected chi connectivity index (χ0v) is 8.03. The van der Waals surface area contributed by atoms with Crippen LogP contribution in [-0.2, 0) is 0 Å². The normalized spacial score (nSPS) is 31.6. The molecule has 1 aliphatic rings. The summed E-state index contributed by atoms with van der Waals surface area (Å²) in [5.74, 6) is 1.90. The van der Waals surface area contributed by atoms with Crippen LogP contribution in [0.2, 0.25) is 0 Å². The first kappa shape index (κ1) is 8.91. The number of rotatable bonds is 2. The molecule has 64 valence electrons. The Kier molecular flexibility index (Phi) is 3.24. The lowest BCUT2D eigenvalue weighted by Gasteiger charge is -2.25. The highest BCUT2D eigenvalue weighted by atomic mass is 32.2. The van der Waals surface area contributed by atoms with Crippen LogP contribution in [0.3, 0.4) is 0 Å². The molecule has 2 N–H and O–H groups in total. The van der Waals surface area contributed by atoms with Crippen LogP contribution >= 0.6 is 11.8 Å². The molecule has 0 bridgehead atoms. The SMILES string of the molecule is CC[C@H]1CSC(N)=N[C@@H]1CC. The molecule has 0 radical (unpaired) electrons. The minimum absolute atomic E-state index is 0.487. The van der Waals surface area contributed by atoms with Crippen molar-refractivity contribution < 1.29 is 0 Å². The summed E-state index contributed by atoms with van der Waals surface area (Å²) in [6.07, 6.45) is 2.35. The summed E-state index contributed by atoms with van der Waals surface area (Å²) in [5, 5.41) is 0.779. The third-order valence-corrected chi connectivity index (χ3v) is 3.22. The van der Waals surface area contributed by atoms with Crippen LogP contribution in [0.4, 0.5) is 0 Å². The molecule has 2 nitrogen and oxygen atoms in total. The molecule has 0 amide bonds. The second-order valence-electron chi connectivity index (χ2n) is 2.92. The molecule has 11 heavy (non-hydrogen) atoms. The predicted molar refractivity (Wildman–Crippen MR) is 51.9 cm³/mol. The monoisotopic (exact) mass is 172 g/mol. The molecule has 3 heteroatoms. The lowest BCUT2D eigenvalue weighted by Crippen LogP contribution is -2.28. The van der Waals surface area contributed by atoms with Crippen molar-refractivity contribution >= 4 is 16.9 Å². The van der Waals surface area contributed by atoms with Gasteiger partial charge < -0.3 is 5.73 Å². The maximum Gasteiger partial charge on any atom is 0.154 e. The van der Waals surface area contributed by atoms with E-state index in [0.29, 0.717) is 6.04 Å². The molecule has 0 aromatic carbocycles. The molecule has 0 unspecified atom stereocenters. The van der Waals surface area contributed by atoms with Gasteiger partial charge in [0, 0.05) is 5.75 Å². The van der Waals surface area contributed by atoms with E-state index < -0.39 is 0 Å². The van der Waals surface area contributed by atoms with Gasteiger partial charge in [0.15, 0.2) is 5.17 Å². The standard InChI is InChI=1S/C8H16N2S/c1-3-6-5-11-8(9)10-7(6)4-2/h6-7H,3-5H2,1-2H3,(H2,9,10)/t6-,7+/m0/s1. The van der Waals surface area contributed by atoms with Crippen molar-refractivity contribution in [2.45, 2.75) is 32.7 Å². The summed E-state index contributed by atoms with van der Waals surface area (Å²) in [4.78, 5) is 4.41. The van der Waals surface area contributed by atoms with Crippen molar-refractivity contribution in [3.05, 3.63) is 0 Å². The summed E-state index contributed by atoms with van der Waals surface area (Å²) in [6, 6.07) is 0.487. The number of nitrogens with two attached hydrogens (primary N) is 1. The van der Waals surface area contributed by atoms with Crippen LogP contribution in [0.15, 0.2) is 4.99 Å². The highest BCUT2D eigenvalue weighted by molar-refractivity contribution is 8.13. The predicted octanol–water partition coefficient (Wildman–Crippen LogP) is 1.85. The third-order valence-electron chi connectivity index (χ3n) is 2.23. The largest absolute Gasteiger partial charge is 0.379 e. The van der Waals surface area contributed by atoms with E-state index in [1.807, 2.05) is 0 Å². The molecule has 0 spiro atoms. The van der Waals surface area contributed by atoms with Gasteiger partial charge in [-0.2, -0.15) is 0 Å². The van der Waals surface area contributed by atoms with Gasteiger partial charge in [-0.3, -0.25) is 4.99 Å². The Hall–Kier alpha value is -0.180. The van der Waals surface area contributed by atoms with E-state index in [4.69, 9.17) is 5.73 Å².